The van der Waals surface area contributed by atoms with Gasteiger partial charge in [0.2, 0.25) is 0 Å². The maximum absolute atomic E-state index is 13.0. The number of anilines is 1. The zero-order chi connectivity index (χ0) is 23.7. The molecule has 0 aliphatic carbocycles. The van der Waals surface area contributed by atoms with E-state index in [-0.39, 0.29) is 27.5 Å². The summed E-state index contributed by atoms with van der Waals surface area (Å²) in [4.78, 5) is 13.3. The van der Waals surface area contributed by atoms with E-state index >= 15 is 0 Å². The predicted molar refractivity (Wildman–Crippen MR) is 128 cm³/mol. The monoisotopic (exact) mass is 453 g/mol. The highest BCUT2D eigenvalue weighted by atomic mass is 32.2. The molecule has 7 heteroatoms. The predicted octanol–water partition coefficient (Wildman–Crippen LogP) is 5.16. The molecule has 1 aromatic heterocycles. The lowest BCUT2D eigenvalue weighted by molar-refractivity contribution is 0.102. The fraction of sp³-hybridized carbons (Fsp3) is 0.360. The normalized spacial score (nSPS) is 12.6. The molecule has 0 saturated carbocycles. The molecule has 0 radical (unpaired) electrons. The van der Waals surface area contributed by atoms with Crippen LogP contribution in [0.4, 0.5) is 5.82 Å². The van der Waals surface area contributed by atoms with Gasteiger partial charge in [0.15, 0.2) is 9.84 Å². The van der Waals surface area contributed by atoms with Gasteiger partial charge in [-0.2, -0.15) is 5.10 Å². The standard InChI is InChI=1S/C25H31N3O3S/c1-24(2,3)21-16-22(28(27-21)25(4,5)6)26-23(29)19-12-10-11-18(15-19)17-32(30,31)20-13-8-7-9-14-20/h7-16H,17H2,1-6H3,(H,26,29). The SMILES string of the molecule is CC(C)(C)c1cc(NC(=O)c2cccc(CS(=O)(=O)c3ccccc3)c2)n(C(C)(C)C)n1. The van der Waals surface area contributed by atoms with Gasteiger partial charge in [-0.3, -0.25) is 4.79 Å². The van der Waals surface area contributed by atoms with Crippen LogP contribution < -0.4 is 5.32 Å². The Bertz CT molecular complexity index is 1220. The van der Waals surface area contributed by atoms with Gasteiger partial charge in [-0.25, -0.2) is 13.1 Å². The Morgan fingerprint density at radius 2 is 1.59 bits per heavy atom. The highest BCUT2D eigenvalue weighted by molar-refractivity contribution is 7.90. The lowest BCUT2D eigenvalue weighted by atomic mass is 9.92. The Morgan fingerprint density at radius 1 is 0.938 bits per heavy atom. The first kappa shape index (κ1) is 23.7. The number of benzene rings is 2. The van der Waals surface area contributed by atoms with E-state index in [2.05, 4.69) is 26.1 Å². The van der Waals surface area contributed by atoms with Crippen LogP contribution in [0.25, 0.3) is 0 Å². The van der Waals surface area contributed by atoms with E-state index in [9.17, 15) is 13.2 Å². The molecule has 3 aromatic rings. The third kappa shape index (κ3) is 5.46. The van der Waals surface area contributed by atoms with E-state index in [1.807, 2.05) is 31.5 Å². The van der Waals surface area contributed by atoms with Crippen molar-refractivity contribution in [1.82, 2.24) is 9.78 Å². The smallest absolute Gasteiger partial charge is 0.256 e. The van der Waals surface area contributed by atoms with Gasteiger partial charge in [0, 0.05) is 17.0 Å². The molecule has 6 nitrogen and oxygen atoms in total. The molecule has 0 atom stereocenters. The van der Waals surface area contributed by atoms with Crippen LogP contribution in [0.5, 0.6) is 0 Å². The van der Waals surface area contributed by atoms with Crippen LogP contribution in [-0.2, 0) is 26.5 Å². The maximum atomic E-state index is 13.0. The fourth-order valence-electron chi connectivity index (χ4n) is 3.27. The minimum atomic E-state index is -3.50. The van der Waals surface area contributed by atoms with Crippen LogP contribution in [0, 0.1) is 0 Å². The molecule has 0 bridgehead atoms. The summed E-state index contributed by atoms with van der Waals surface area (Å²) in [6.07, 6.45) is 0. The minimum Gasteiger partial charge on any atom is -0.307 e. The lowest BCUT2D eigenvalue weighted by Crippen LogP contribution is -2.27. The molecule has 0 unspecified atom stereocenters. The minimum absolute atomic E-state index is 0.165. The highest BCUT2D eigenvalue weighted by Gasteiger charge is 2.26. The fourth-order valence-corrected chi connectivity index (χ4v) is 4.63. The molecule has 1 N–H and O–H groups in total. The van der Waals surface area contributed by atoms with Crippen LogP contribution in [0.2, 0.25) is 0 Å². The summed E-state index contributed by atoms with van der Waals surface area (Å²) in [5.74, 6) is 0.122. The number of carbonyl (C=O) groups is 1. The van der Waals surface area contributed by atoms with E-state index < -0.39 is 9.84 Å². The summed E-state index contributed by atoms with van der Waals surface area (Å²) in [7, 11) is -3.50. The molecular formula is C25H31N3O3S. The second-order valence-electron chi connectivity index (χ2n) is 9.97. The van der Waals surface area contributed by atoms with Crippen LogP contribution in [0.1, 0.15) is 63.2 Å². The van der Waals surface area contributed by atoms with Gasteiger partial charge in [-0.15, -0.1) is 0 Å². The Hall–Kier alpha value is -2.93. The average molecular weight is 454 g/mol. The number of nitrogens with zero attached hydrogens (tertiary/aromatic N) is 2. The first-order valence-electron chi connectivity index (χ1n) is 10.6. The van der Waals surface area contributed by atoms with Crippen molar-refractivity contribution in [2.45, 2.75) is 63.1 Å². The van der Waals surface area contributed by atoms with Crippen LogP contribution in [0.3, 0.4) is 0 Å². The second kappa shape index (κ2) is 8.54. The topological polar surface area (TPSA) is 81.1 Å². The van der Waals surface area contributed by atoms with Crippen molar-refractivity contribution in [3.63, 3.8) is 0 Å². The summed E-state index contributed by atoms with van der Waals surface area (Å²) >= 11 is 0. The number of aromatic nitrogens is 2. The quantitative estimate of drug-likeness (QED) is 0.578. The van der Waals surface area contributed by atoms with E-state index in [0.717, 1.165) is 5.69 Å². The van der Waals surface area contributed by atoms with Crippen molar-refractivity contribution < 1.29 is 13.2 Å². The molecule has 32 heavy (non-hydrogen) atoms. The second-order valence-corrected chi connectivity index (χ2v) is 12.0. The van der Waals surface area contributed by atoms with Gasteiger partial charge in [-0.05, 0) is 50.6 Å². The molecule has 0 aliphatic heterocycles. The largest absolute Gasteiger partial charge is 0.307 e. The maximum Gasteiger partial charge on any atom is 0.256 e. The van der Waals surface area contributed by atoms with Crippen molar-refractivity contribution in [3.8, 4) is 0 Å². The van der Waals surface area contributed by atoms with E-state index in [4.69, 9.17) is 5.10 Å². The Morgan fingerprint density at radius 3 is 2.19 bits per heavy atom. The summed E-state index contributed by atoms with van der Waals surface area (Å²) in [5, 5.41) is 7.68. The summed E-state index contributed by atoms with van der Waals surface area (Å²) in [6.45, 7) is 12.3. The number of hydrogen-bond acceptors (Lipinski definition) is 4. The molecule has 1 heterocycles. The third-order valence-electron chi connectivity index (χ3n) is 5.00. The van der Waals surface area contributed by atoms with E-state index in [1.165, 1.54) is 0 Å². The molecular weight excluding hydrogens is 422 g/mol. The Kier molecular flexibility index (Phi) is 6.33. The van der Waals surface area contributed by atoms with Gasteiger partial charge < -0.3 is 5.32 Å². The first-order valence-corrected chi connectivity index (χ1v) is 12.2. The van der Waals surface area contributed by atoms with Gasteiger partial charge in [-0.1, -0.05) is 51.1 Å². The Labute approximate surface area is 190 Å². The molecule has 3 rings (SSSR count). The number of rotatable bonds is 5. The van der Waals surface area contributed by atoms with E-state index in [1.54, 1.807) is 54.6 Å². The third-order valence-corrected chi connectivity index (χ3v) is 6.71. The zero-order valence-electron chi connectivity index (χ0n) is 19.5. The highest BCUT2D eigenvalue weighted by Crippen LogP contribution is 2.28. The van der Waals surface area contributed by atoms with Crippen LogP contribution in [-0.4, -0.2) is 24.1 Å². The molecule has 0 aliphatic rings. The number of amides is 1. The zero-order valence-corrected chi connectivity index (χ0v) is 20.3. The van der Waals surface area contributed by atoms with Gasteiger partial charge >= 0.3 is 0 Å². The number of nitrogens with one attached hydrogen (secondary N) is 1. The van der Waals surface area contributed by atoms with Gasteiger partial charge in [0.1, 0.15) is 5.82 Å². The van der Waals surface area contributed by atoms with Crippen molar-refractivity contribution in [1.29, 1.82) is 0 Å². The molecule has 0 saturated heterocycles. The molecule has 0 spiro atoms. The van der Waals surface area contributed by atoms with Crippen molar-refractivity contribution in [3.05, 3.63) is 77.5 Å². The molecule has 170 valence electrons. The van der Waals surface area contributed by atoms with Crippen LogP contribution >= 0.6 is 0 Å². The number of sulfone groups is 1. The number of carbonyl (C=O) groups excluding carboxylic acids is 1. The summed E-state index contributed by atoms with van der Waals surface area (Å²) in [6, 6.07) is 16.9. The van der Waals surface area contributed by atoms with Crippen molar-refractivity contribution in [2.24, 2.45) is 0 Å². The molecule has 1 amide bonds. The molecule has 0 fully saturated rings. The van der Waals surface area contributed by atoms with Crippen molar-refractivity contribution in [2.75, 3.05) is 5.32 Å². The summed E-state index contributed by atoms with van der Waals surface area (Å²) in [5.41, 5.74) is 1.34. The van der Waals surface area contributed by atoms with Crippen LogP contribution in [0.15, 0.2) is 65.6 Å². The van der Waals surface area contributed by atoms with Gasteiger partial charge in [0.25, 0.3) is 5.91 Å². The summed E-state index contributed by atoms with van der Waals surface area (Å²) < 4.78 is 27.2. The van der Waals surface area contributed by atoms with Crippen molar-refractivity contribution >= 4 is 21.6 Å². The lowest BCUT2D eigenvalue weighted by Gasteiger charge is -2.23. The average Bonchev–Trinajstić information content (AvgIpc) is 3.13. The first-order chi connectivity index (χ1) is 14.8. The molecule has 2 aromatic carbocycles. The van der Waals surface area contributed by atoms with E-state index in [0.29, 0.717) is 16.9 Å². The number of hydrogen-bond donors (Lipinski definition) is 1. The Balaban J connectivity index is 1.87. The van der Waals surface area contributed by atoms with Gasteiger partial charge in [0.05, 0.1) is 21.9 Å².